The Morgan fingerprint density at radius 3 is 2.30 bits per heavy atom. The summed E-state index contributed by atoms with van der Waals surface area (Å²) in [5.74, 6) is -5.67. The van der Waals surface area contributed by atoms with Crippen LogP contribution in [0.15, 0.2) is 24.3 Å². The number of ketones is 4. The lowest BCUT2D eigenvalue weighted by atomic mass is 9.66. The predicted octanol–water partition coefficient (Wildman–Crippen LogP) is 2.74. The highest BCUT2D eigenvalue weighted by Crippen LogP contribution is 2.54. The molecule has 17 nitrogen and oxygen atoms in total. The van der Waals surface area contributed by atoms with Crippen LogP contribution in [-0.2, 0) is 52.3 Å². The molecule has 324 valence electrons. The minimum Gasteiger partial charge on any atom is -0.507 e. The van der Waals surface area contributed by atoms with Crippen molar-refractivity contribution in [1.82, 2.24) is 4.90 Å². The molecule has 0 bridgehead atoms. The number of methoxy groups -OCH3 is 1. The van der Waals surface area contributed by atoms with Crippen molar-refractivity contribution in [2.24, 2.45) is 0 Å². The van der Waals surface area contributed by atoms with Gasteiger partial charge in [-0.3, -0.25) is 24.0 Å². The van der Waals surface area contributed by atoms with E-state index in [-0.39, 0.29) is 52.5 Å². The summed E-state index contributed by atoms with van der Waals surface area (Å²) in [5, 5.41) is 35.0. The van der Waals surface area contributed by atoms with Gasteiger partial charge >= 0.3 is 5.97 Å². The Hall–Kier alpha value is -4.17. The molecule has 0 unspecified atom stereocenters. The quantitative estimate of drug-likeness (QED) is 0.278. The van der Waals surface area contributed by atoms with Crippen molar-refractivity contribution in [3.63, 3.8) is 0 Å². The minimum atomic E-state index is -2.12. The monoisotopic (exact) mass is 837 g/mol. The molecule has 17 heteroatoms. The molecule has 3 N–H and O–H groups in total. The first-order valence-corrected chi connectivity index (χ1v) is 20.3. The van der Waals surface area contributed by atoms with Gasteiger partial charge in [0, 0.05) is 54.8 Å². The van der Waals surface area contributed by atoms with E-state index in [0.29, 0.717) is 6.42 Å². The lowest BCUT2D eigenvalue weighted by Gasteiger charge is -2.51. The minimum absolute atomic E-state index is 0.0575. The molecule has 0 saturated carbocycles. The third-order valence-corrected chi connectivity index (χ3v) is 12.7. The van der Waals surface area contributed by atoms with Crippen molar-refractivity contribution in [1.29, 1.82) is 0 Å². The molecule has 60 heavy (non-hydrogen) atoms. The Bertz CT molecular complexity index is 2100. The van der Waals surface area contributed by atoms with E-state index in [0.717, 1.165) is 7.11 Å². The summed E-state index contributed by atoms with van der Waals surface area (Å²) in [6.45, 7) is 6.62. The number of ether oxygens (including phenoxy) is 8. The van der Waals surface area contributed by atoms with Crippen LogP contribution in [0, 0.1) is 0 Å². The maximum atomic E-state index is 14.0. The standard InChI is InChI=1S/C43H51NO16/c1-17(45)15-43(52)16-29(33-22(35(43)41(51)53-7)11-23-34(38(33)50)37(49)32-21(36(23)48)9-8-10-25(32)46)58-30-12-24(44(5)6)39(19(3)54-30)59-31-14-27-40(20(4)55-31)60-42-28(57-27)13-26(47)18(2)56-42/h8-11,18-20,24,27-31,35,39-40,42,46,50,52H,12-16H2,1-7H3/t18-,19+,20-,24+,27-,28+,29+,30-,31-,35+,39-,40-,42-,43+/m0/s1. The van der Waals surface area contributed by atoms with E-state index in [4.69, 9.17) is 37.9 Å². The summed E-state index contributed by atoms with van der Waals surface area (Å²) in [4.78, 5) is 68.4. The number of aromatic hydroxyl groups is 2. The van der Waals surface area contributed by atoms with Gasteiger partial charge in [0.2, 0.25) is 5.78 Å². The van der Waals surface area contributed by atoms with E-state index < -0.39 is 132 Å². The van der Waals surface area contributed by atoms with Crippen LogP contribution in [0.3, 0.4) is 0 Å². The number of phenolic OH excluding ortho intramolecular Hbond substituents is 2. The second kappa shape index (κ2) is 15.9. The van der Waals surface area contributed by atoms with E-state index in [1.54, 1.807) is 13.8 Å². The Kier molecular flexibility index (Phi) is 11.3. The van der Waals surface area contributed by atoms with Gasteiger partial charge in [0.25, 0.3) is 0 Å². The number of aliphatic hydroxyl groups is 1. The molecular weight excluding hydrogens is 786 g/mol. The zero-order chi connectivity index (χ0) is 43.1. The average molecular weight is 838 g/mol. The van der Waals surface area contributed by atoms with Gasteiger partial charge < -0.3 is 58.1 Å². The van der Waals surface area contributed by atoms with Crippen LogP contribution < -0.4 is 0 Å². The summed E-state index contributed by atoms with van der Waals surface area (Å²) >= 11 is 0. The first-order valence-electron chi connectivity index (χ1n) is 20.3. The summed E-state index contributed by atoms with van der Waals surface area (Å²) in [6, 6.07) is 4.93. The Morgan fingerprint density at radius 1 is 0.883 bits per heavy atom. The highest BCUT2D eigenvalue weighted by molar-refractivity contribution is 6.30. The fourth-order valence-electron chi connectivity index (χ4n) is 9.97. The number of benzene rings is 2. The Balaban J connectivity index is 1.08. The number of carbonyl (C=O) groups excluding carboxylic acids is 5. The maximum Gasteiger partial charge on any atom is 0.316 e. The molecule has 4 heterocycles. The molecule has 6 aliphatic rings. The van der Waals surface area contributed by atoms with E-state index >= 15 is 0 Å². The van der Waals surface area contributed by atoms with Gasteiger partial charge in [-0.15, -0.1) is 0 Å². The van der Waals surface area contributed by atoms with Gasteiger partial charge in [-0.1, -0.05) is 12.1 Å². The second-order valence-corrected chi connectivity index (χ2v) is 17.1. The van der Waals surface area contributed by atoms with Crippen molar-refractivity contribution in [3.05, 3.63) is 57.6 Å². The summed E-state index contributed by atoms with van der Waals surface area (Å²) < 4.78 is 49.5. The topological polar surface area (TPSA) is 223 Å². The van der Waals surface area contributed by atoms with Crippen molar-refractivity contribution in [3.8, 4) is 11.5 Å². The molecule has 2 aromatic rings. The normalized spacial score (nSPS) is 37.4. The third-order valence-electron chi connectivity index (χ3n) is 12.7. The van der Waals surface area contributed by atoms with E-state index in [1.807, 2.05) is 25.9 Å². The number of esters is 1. The number of nitrogens with zero attached hydrogens (tertiary/aromatic N) is 1. The Morgan fingerprint density at radius 2 is 1.60 bits per heavy atom. The zero-order valence-electron chi connectivity index (χ0n) is 34.4. The molecule has 14 atom stereocenters. The van der Waals surface area contributed by atoms with Gasteiger partial charge in [0.05, 0.1) is 48.3 Å². The number of rotatable bonds is 8. The summed E-state index contributed by atoms with van der Waals surface area (Å²) in [5.41, 5.74) is -3.28. The average Bonchev–Trinajstić information content (AvgIpc) is 3.16. The first kappa shape index (κ1) is 42.5. The van der Waals surface area contributed by atoms with E-state index in [1.165, 1.54) is 31.2 Å². The summed E-state index contributed by atoms with van der Waals surface area (Å²) in [6.07, 6.45) is -7.58. The van der Waals surface area contributed by atoms with Crippen LogP contribution in [0.5, 0.6) is 11.5 Å². The van der Waals surface area contributed by atoms with Crippen LogP contribution >= 0.6 is 0 Å². The zero-order valence-corrected chi connectivity index (χ0v) is 34.4. The van der Waals surface area contributed by atoms with Crippen molar-refractivity contribution in [2.75, 3.05) is 21.2 Å². The van der Waals surface area contributed by atoms with Crippen LogP contribution in [0.2, 0.25) is 0 Å². The molecule has 4 saturated heterocycles. The number of carbonyl (C=O) groups is 5. The molecule has 2 aromatic carbocycles. The van der Waals surface area contributed by atoms with Crippen molar-refractivity contribution >= 4 is 29.1 Å². The predicted molar refractivity (Wildman–Crippen MR) is 204 cm³/mol. The van der Waals surface area contributed by atoms with Gasteiger partial charge in [0.15, 0.2) is 30.4 Å². The largest absolute Gasteiger partial charge is 0.507 e. The fourth-order valence-corrected chi connectivity index (χ4v) is 9.97. The highest BCUT2D eigenvalue weighted by Gasteiger charge is 2.55. The molecule has 0 aromatic heterocycles. The second-order valence-electron chi connectivity index (χ2n) is 17.1. The van der Waals surface area contributed by atoms with Gasteiger partial charge in [0.1, 0.15) is 47.6 Å². The van der Waals surface area contributed by atoms with Crippen LogP contribution in [-0.4, -0.2) is 144 Å². The van der Waals surface area contributed by atoms with Gasteiger partial charge in [-0.25, -0.2) is 0 Å². The van der Waals surface area contributed by atoms with Gasteiger partial charge in [-0.05, 0) is 59.5 Å². The smallest absolute Gasteiger partial charge is 0.316 e. The lowest BCUT2D eigenvalue weighted by molar-refractivity contribution is -0.371. The molecule has 2 aliphatic carbocycles. The van der Waals surface area contributed by atoms with Crippen molar-refractivity contribution < 1.29 is 77.2 Å². The molecule has 8 rings (SSSR count). The lowest BCUT2D eigenvalue weighted by Crippen LogP contribution is -2.62. The van der Waals surface area contributed by atoms with E-state index in [9.17, 15) is 39.3 Å². The fraction of sp³-hybridized carbons (Fsp3) is 0.605. The molecule has 4 fully saturated rings. The first-order chi connectivity index (χ1) is 28.4. The maximum absolute atomic E-state index is 14.0. The molecule has 0 amide bonds. The highest BCUT2D eigenvalue weighted by atomic mass is 16.8. The molecule has 0 spiro atoms. The third kappa shape index (κ3) is 7.26. The number of likely N-dealkylation sites (N-methyl/N-ethyl adjacent to an activating group) is 1. The SMILES string of the molecule is COC(=O)[C@H]1c2cc3c(c(O)c2[C@H](O[C@H]2C[C@@H](N(C)C)[C@@H](O[C@H]4C[C@@H]5O[C@@H]6CC(=O)[C@H](C)O[C@H]6O[C@H]5[C@H](C)O4)[C@@H](C)O2)C[C@]1(O)CC(C)=O)C(=O)c1c(O)cccc1C3=O. The Labute approximate surface area is 346 Å². The molecule has 4 aliphatic heterocycles. The van der Waals surface area contributed by atoms with E-state index in [2.05, 4.69) is 0 Å². The van der Waals surface area contributed by atoms with Crippen molar-refractivity contribution in [2.45, 2.75) is 145 Å². The number of hydrogen-bond donors (Lipinski definition) is 3. The van der Waals surface area contributed by atoms with Gasteiger partial charge in [-0.2, -0.15) is 0 Å². The number of Topliss-reactive ketones (excluding diaryl/α,β-unsaturated/α-hetero) is 2. The summed E-state index contributed by atoms with van der Waals surface area (Å²) in [7, 11) is 4.84. The van der Waals surface area contributed by atoms with Crippen LogP contribution in [0.25, 0.3) is 0 Å². The molecular formula is C43H51NO16. The number of phenols is 2. The molecule has 0 radical (unpaired) electrons. The van der Waals surface area contributed by atoms with Crippen LogP contribution in [0.4, 0.5) is 0 Å². The number of fused-ring (bicyclic) bond motifs is 5. The van der Waals surface area contributed by atoms with Crippen LogP contribution in [0.1, 0.15) is 115 Å². The number of hydrogen-bond acceptors (Lipinski definition) is 17.